The van der Waals surface area contributed by atoms with Crippen LogP contribution in [0.4, 0.5) is 14.5 Å². The molecule has 4 aromatic rings. The van der Waals surface area contributed by atoms with Crippen molar-refractivity contribution in [2.75, 3.05) is 18.0 Å². The molecular weight excluding hydrogens is 564 g/mol. The number of hydrogen-bond acceptors (Lipinski definition) is 6. The summed E-state index contributed by atoms with van der Waals surface area (Å²) < 4.78 is 45.2. The van der Waals surface area contributed by atoms with E-state index >= 15 is 8.78 Å². The molecule has 1 aliphatic rings. The molecule has 9 heteroatoms. The summed E-state index contributed by atoms with van der Waals surface area (Å²) in [6.45, 7) is 11.1. The highest BCUT2D eigenvalue weighted by Crippen LogP contribution is 2.40. The van der Waals surface area contributed by atoms with E-state index in [2.05, 4.69) is 55.0 Å². The highest BCUT2D eigenvalue weighted by molar-refractivity contribution is 6.99. The fraction of sp³-hybridized carbons (Fsp3) is 0.353. The topological polar surface area (TPSA) is 67.7 Å². The molecule has 0 spiro atoms. The molecule has 1 N–H and O–H groups in total. The van der Waals surface area contributed by atoms with Gasteiger partial charge >= 0.3 is 0 Å². The molecule has 0 amide bonds. The maximum Gasteiger partial charge on any atom is 0.261 e. The first-order chi connectivity index (χ1) is 20.5. The molecule has 6 nitrogen and oxygen atoms in total. The Morgan fingerprint density at radius 2 is 1.53 bits per heavy atom. The first kappa shape index (κ1) is 30.9. The summed E-state index contributed by atoms with van der Waals surface area (Å²) in [5.41, 5.74) is 0.497. The van der Waals surface area contributed by atoms with Crippen molar-refractivity contribution in [3.05, 3.63) is 114 Å². The van der Waals surface area contributed by atoms with Gasteiger partial charge in [-0.15, -0.1) is 0 Å². The van der Waals surface area contributed by atoms with Crippen molar-refractivity contribution in [2.24, 2.45) is 0 Å². The van der Waals surface area contributed by atoms with Gasteiger partial charge in [0.1, 0.15) is 6.10 Å². The first-order valence-electron chi connectivity index (χ1n) is 14.6. The molecule has 0 aliphatic carbocycles. The highest BCUT2D eigenvalue weighted by atomic mass is 28.4. The van der Waals surface area contributed by atoms with Gasteiger partial charge in [0, 0.05) is 36.6 Å². The number of hydrogen-bond donors (Lipinski definition) is 1. The third-order valence-electron chi connectivity index (χ3n) is 8.04. The highest BCUT2D eigenvalue weighted by Gasteiger charge is 2.50. The minimum absolute atomic E-state index is 0.000120. The summed E-state index contributed by atoms with van der Waals surface area (Å²) in [5, 5.41) is 13.0. The zero-order chi connectivity index (χ0) is 30.8. The third kappa shape index (κ3) is 6.13. The number of nitrogens with zero attached hydrogens (tertiary/aromatic N) is 3. The Morgan fingerprint density at radius 3 is 2.05 bits per heavy atom. The molecule has 226 valence electrons. The second kappa shape index (κ2) is 12.6. The summed E-state index contributed by atoms with van der Waals surface area (Å²) in [4.78, 5) is 9.96. The fourth-order valence-electron chi connectivity index (χ4n) is 6.26. The molecule has 5 rings (SSSR count). The van der Waals surface area contributed by atoms with E-state index in [1.54, 1.807) is 0 Å². The molecule has 1 aromatic heterocycles. The van der Waals surface area contributed by atoms with Crippen molar-refractivity contribution in [3.63, 3.8) is 0 Å². The van der Waals surface area contributed by atoms with Crippen molar-refractivity contribution in [3.8, 4) is 0 Å². The van der Waals surface area contributed by atoms with Crippen LogP contribution in [-0.4, -0.2) is 48.7 Å². The van der Waals surface area contributed by atoms with E-state index < -0.39 is 26.1 Å². The predicted octanol–water partition coefficient (Wildman–Crippen LogP) is 5.53. The van der Waals surface area contributed by atoms with Gasteiger partial charge in [0.25, 0.3) is 8.32 Å². The Hall–Kier alpha value is -3.50. The van der Waals surface area contributed by atoms with Crippen LogP contribution in [0.2, 0.25) is 5.04 Å². The van der Waals surface area contributed by atoms with E-state index in [9.17, 15) is 5.11 Å². The minimum Gasteiger partial charge on any atom is -0.403 e. The molecule has 43 heavy (non-hydrogen) atoms. The fourth-order valence-corrected chi connectivity index (χ4v) is 10.8. The van der Waals surface area contributed by atoms with Gasteiger partial charge in [0.05, 0.1) is 36.4 Å². The van der Waals surface area contributed by atoms with Gasteiger partial charge in [-0.3, -0.25) is 9.97 Å². The number of rotatable bonds is 8. The number of benzene rings is 3. The van der Waals surface area contributed by atoms with Gasteiger partial charge in [-0.25, -0.2) is 8.78 Å². The maximum absolute atomic E-state index is 16.3. The Bertz CT molecular complexity index is 1470. The zero-order valence-electron chi connectivity index (χ0n) is 25.3. The first-order valence-corrected chi connectivity index (χ1v) is 16.5. The number of aliphatic hydroxyl groups is 1. The zero-order valence-corrected chi connectivity index (χ0v) is 26.3. The van der Waals surface area contributed by atoms with E-state index in [1.165, 1.54) is 24.7 Å². The van der Waals surface area contributed by atoms with Gasteiger partial charge < -0.3 is 19.2 Å². The molecule has 1 fully saturated rings. The normalized spacial score (nSPS) is 18.5. The minimum atomic E-state index is -3.02. The van der Waals surface area contributed by atoms with Gasteiger partial charge in [-0.05, 0) is 35.3 Å². The molecular formula is C34H39F2N3O3Si. The van der Waals surface area contributed by atoms with E-state index in [-0.39, 0.29) is 40.8 Å². The van der Waals surface area contributed by atoms with Crippen molar-refractivity contribution in [2.45, 2.75) is 64.6 Å². The van der Waals surface area contributed by atoms with Crippen LogP contribution in [0.1, 0.15) is 57.5 Å². The van der Waals surface area contributed by atoms with Crippen LogP contribution in [0.25, 0.3) is 0 Å². The third-order valence-corrected chi connectivity index (χ3v) is 13.0. The molecule has 0 saturated carbocycles. The lowest BCUT2D eigenvalue weighted by Crippen LogP contribution is -2.66. The molecule has 1 unspecified atom stereocenters. The van der Waals surface area contributed by atoms with Gasteiger partial charge in [-0.1, -0.05) is 81.4 Å². The van der Waals surface area contributed by atoms with Crippen LogP contribution >= 0.6 is 0 Å². The molecule has 2 heterocycles. The molecule has 1 aliphatic heterocycles. The lowest BCUT2D eigenvalue weighted by Gasteiger charge is -2.43. The predicted molar refractivity (Wildman–Crippen MR) is 167 cm³/mol. The van der Waals surface area contributed by atoms with Gasteiger partial charge in [-0.2, -0.15) is 0 Å². The van der Waals surface area contributed by atoms with Crippen molar-refractivity contribution in [1.82, 2.24) is 9.97 Å². The quantitative estimate of drug-likeness (QED) is 0.268. The molecule has 1 saturated heterocycles. The van der Waals surface area contributed by atoms with Crippen molar-refractivity contribution in [1.29, 1.82) is 0 Å². The maximum atomic E-state index is 16.3. The number of halogens is 2. The largest absolute Gasteiger partial charge is 0.403 e. The van der Waals surface area contributed by atoms with Gasteiger partial charge in [0.15, 0.2) is 11.6 Å². The number of aromatic nitrogens is 2. The van der Waals surface area contributed by atoms with E-state index in [0.717, 1.165) is 10.4 Å². The molecule has 0 radical (unpaired) electrons. The Labute approximate surface area is 253 Å². The van der Waals surface area contributed by atoms with Crippen LogP contribution in [0.5, 0.6) is 0 Å². The standard InChI is InChI=1S/C34H39F2N3O3Si/c1-23-20-39(21-24(2)42-23)32-25(18-28(30(35)31(32)36)33(40)29-19-37-16-17-38-29)22-41-43(34(3,4)5,26-12-8-6-9-13-26)27-14-10-7-11-15-27/h6-19,23-24,33,40H,20-22H2,1-5H3/t23-,24+,33?. The smallest absolute Gasteiger partial charge is 0.261 e. The monoisotopic (exact) mass is 603 g/mol. The summed E-state index contributed by atoms with van der Waals surface area (Å²) in [6, 6.07) is 21.8. The average Bonchev–Trinajstić information content (AvgIpc) is 2.99. The van der Waals surface area contributed by atoms with Crippen molar-refractivity contribution >= 4 is 24.4 Å². The molecule has 3 atom stereocenters. The van der Waals surface area contributed by atoms with Crippen molar-refractivity contribution < 1.29 is 23.1 Å². The number of anilines is 1. The SMILES string of the molecule is C[C@@H]1CN(c2c(CO[Si](c3ccccc3)(c3ccccc3)C(C)(C)C)cc(C(O)c3cnccn3)c(F)c2F)C[C@H](C)O1. The van der Waals surface area contributed by atoms with E-state index in [4.69, 9.17) is 9.16 Å². The lowest BCUT2D eigenvalue weighted by molar-refractivity contribution is -0.00554. The molecule has 0 bridgehead atoms. The Morgan fingerprint density at radius 1 is 0.953 bits per heavy atom. The summed E-state index contributed by atoms with van der Waals surface area (Å²) in [6.07, 6.45) is 2.35. The number of ether oxygens (including phenoxy) is 1. The number of aliphatic hydroxyl groups excluding tert-OH is 1. The lowest BCUT2D eigenvalue weighted by atomic mass is 10.00. The van der Waals surface area contributed by atoms with Crippen LogP contribution in [0.15, 0.2) is 85.3 Å². The molecule has 3 aromatic carbocycles. The van der Waals surface area contributed by atoms with E-state index in [0.29, 0.717) is 18.7 Å². The van der Waals surface area contributed by atoms with Crippen LogP contribution < -0.4 is 15.3 Å². The van der Waals surface area contributed by atoms with Crippen LogP contribution in [0.3, 0.4) is 0 Å². The Balaban J connectivity index is 1.67. The summed E-state index contributed by atoms with van der Waals surface area (Å²) in [7, 11) is -3.02. The van der Waals surface area contributed by atoms with Crippen LogP contribution in [-0.2, 0) is 15.8 Å². The van der Waals surface area contributed by atoms with Gasteiger partial charge in [0.2, 0.25) is 0 Å². The number of morpholine rings is 1. The Kier molecular flexibility index (Phi) is 9.08. The summed E-state index contributed by atoms with van der Waals surface area (Å²) >= 11 is 0. The van der Waals surface area contributed by atoms with Crippen LogP contribution in [0, 0.1) is 11.6 Å². The summed E-state index contributed by atoms with van der Waals surface area (Å²) in [5.74, 6) is -2.14. The van der Waals surface area contributed by atoms with E-state index in [1.807, 2.05) is 55.1 Å². The second-order valence-corrected chi connectivity index (χ2v) is 16.6. The second-order valence-electron chi connectivity index (χ2n) is 12.2. The average molecular weight is 604 g/mol.